The van der Waals surface area contributed by atoms with Crippen LogP contribution in [0.5, 0.6) is 0 Å². The molecule has 4 nitrogen and oxygen atoms in total. The van der Waals surface area contributed by atoms with Gasteiger partial charge in [-0.3, -0.25) is 9.59 Å². The normalized spacial score (nSPS) is 18.0. The lowest BCUT2D eigenvalue weighted by atomic mass is 9.79. The Morgan fingerprint density at radius 2 is 2.18 bits per heavy atom. The zero-order valence-electron chi connectivity index (χ0n) is 13.3. The van der Waals surface area contributed by atoms with Gasteiger partial charge in [0.2, 0.25) is 11.8 Å². The number of carbonyl (C=O) groups excluding carboxylic acids is 2. The molecule has 1 N–H and O–H groups in total. The van der Waals surface area contributed by atoms with Crippen molar-refractivity contribution in [2.75, 3.05) is 13.6 Å². The predicted octanol–water partition coefficient (Wildman–Crippen LogP) is 2.26. The molecular formula is C18H24N2O2. The van der Waals surface area contributed by atoms with Gasteiger partial charge >= 0.3 is 0 Å². The maximum absolute atomic E-state index is 12.1. The molecule has 22 heavy (non-hydrogen) atoms. The number of aryl methyl sites for hydroxylation is 1. The number of nitrogens with zero attached hydrogens (tertiary/aromatic N) is 1. The number of rotatable bonds is 5. The first-order chi connectivity index (χ1) is 10.5. The fraction of sp³-hybridized carbons (Fsp3) is 0.444. The first-order valence-corrected chi connectivity index (χ1v) is 7.77. The largest absolute Gasteiger partial charge is 0.351 e. The van der Waals surface area contributed by atoms with Gasteiger partial charge in [0.15, 0.2) is 0 Å². The van der Waals surface area contributed by atoms with Crippen molar-refractivity contribution in [3.05, 3.63) is 48.0 Å². The molecule has 2 atom stereocenters. The van der Waals surface area contributed by atoms with Gasteiger partial charge in [-0.2, -0.15) is 0 Å². The van der Waals surface area contributed by atoms with E-state index >= 15 is 0 Å². The van der Waals surface area contributed by atoms with Gasteiger partial charge in [0, 0.05) is 19.0 Å². The van der Waals surface area contributed by atoms with E-state index in [1.807, 2.05) is 6.92 Å². The first kappa shape index (κ1) is 16.3. The summed E-state index contributed by atoms with van der Waals surface area (Å²) in [6.45, 7) is 5.53. The number of hydrogen-bond donors (Lipinski definition) is 1. The van der Waals surface area contributed by atoms with Crippen molar-refractivity contribution in [1.29, 1.82) is 0 Å². The number of hydrogen-bond acceptors (Lipinski definition) is 2. The number of amides is 2. The summed E-state index contributed by atoms with van der Waals surface area (Å²) in [5.74, 6) is -0.0339. The molecule has 1 aliphatic carbocycles. The average molecular weight is 300 g/mol. The summed E-state index contributed by atoms with van der Waals surface area (Å²) in [5.41, 5.74) is 2.73. The highest BCUT2D eigenvalue weighted by Gasteiger charge is 2.26. The molecule has 0 radical (unpaired) electrons. The van der Waals surface area contributed by atoms with Gasteiger partial charge in [-0.1, -0.05) is 30.8 Å². The Morgan fingerprint density at radius 1 is 1.45 bits per heavy atom. The number of fused-ring (bicyclic) bond motifs is 1. The molecule has 0 bridgehead atoms. The van der Waals surface area contributed by atoms with Crippen LogP contribution in [0, 0.1) is 0 Å². The highest BCUT2D eigenvalue weighted by Crippen LogP contribution is 2.33. The molecule has 1 aromatic rings. The van der Waals surface area contributed by atoms with Crippen molar-refractivity contribution in [3.63, 3.8) is 0 Å². The summed E-state index contributed by atoms with van der Waals surface area (Å²) >= 11 is 0. The van der Waals surface area contributed by atoms with Gasteiger partial charge in [0.05, 0.1) is 6.54 Å². The van der Waals surface area contributed by atoms with E-state index in [0.717, 1.165) is 19.3 Å². The van der Waals surface area contributed by atoms with Crippen molar-refractivity contribution in [2.45, 2.75) is 38.1 Å². The fourth-order valence-electron chi connectivity index (χ4n) is 3.16. The lowest BCUT2D eigenvalue weighted by molar-refractivity contribution is -0.131. The van der Waals surface area contributed by atoms with Crippen molar-refractivity contribution in [1.82, 2.24) is 10.2 Å². The van der Waals surface area contributed by atoms with E-state index in [4.69, 9.17) is 0 Å². The molecule has 0 fully saturated rings. The standard InChI is InChI=1S/C18H24N2O2/c1-4-18(22)20(3)12-17(21)19-13(2)15-11-7-9-14-8-5-6-10-16(14)15/h4-6,8,10,13,15H,1,7,9,11-12H2,2-3H3,(H,19,21)/t13-,15?/m1/s1. The molecule has 4 heteroatoms. The Balaban J connectivity index is 1.98. The highest BCUT2D eigenvalue weighted by atomic mass is 16.2. The molecule has 0 aliphatic heterocycles. The van der Waals surface area contributed by atoms with Gasteiger partial charge in [-0.25, -0.2) is 0 Å². The number of carbonyl (C=O) groups is 2. The van der Waals surface area contributed by atoms with Crippen LogP contribution in [-0.2, 0) is 16.0 Å². The molecule has 0 aromatic heterocycles. The SMILES string of the molecule is C=CC(=O)N(C)CC(=O)N[C@H](C)C1CCCc2ccccc21. The van der Waals surface area contributed by atoms with E-state index in [0.29, 0.717) is 5.92 Å². The van der Waals surface area contributed by atoms with Gasteiger partial charge in [0.1, 0.15) is 0 Å². The lowest BCUT2D eigenvalue weighted by Gasteiger charge is -2.31. The number of benzene rings is 1. The minimum Gasteiger partial charge on any atom is -0.351 e. The van der Waals surface area contributed by atoms with Gasteiger partial charge in [0.25, 0.3) is 0 Å². The topological polar surface area (TPSA) is 49.4 Å². The third-order valence-corrected chi connectivity index (χ3v) is 4.34. The van der Waals surface area contributed by atoms with Gasteiger partial charge in [-0.05, 0) is 43.4 Å². The van der Waals surface area contributed by atoms with Crippen molar-refractivity contribution in [2.24, 2.45) is 0 Å². The van der Waals surface area contributed by atoms with Crippen LogP contribution in [0.25, 0.3) is 0 Å². The molecule has 0 saturated carbocycles. The van der Waals surface area contributed by atoms with Crippen LogP contribution in [0.15, 0.2) is 36.9 Å². The summed E-state index contributed by atoms with van der Waals surface area (Å²) in [6, 6.07) is 8.52. The minimum atomic E-state index is -0.245. The molecule has 2 amide bonds. The second-order valence-corrected chi connectivity index (χ2v) is 5.95. The summed E-state index contributed by atoms with van der Waals surface area (Å²) in [4.78, 5) is 24.9. The van der Waals surface area contributed by atoms with Crippen LogP contribution in [0.3, 0.4) is 0 Å². The monoisotopic (exact) mass is 300 g/mol. The first-order valence-electron chi connectivity index (χ1n) is 7.77. The van der Waals surface area contributed by atoms with Gasteiger partial charge < -0.3 is 10.2 Å². The van der Waals surface area contributed by atoms with Crippen LogP contribution in [0.1, 0.15) is 36.8 Å². The maximum atomic E-state index is 12.1. The second-order valence-electron chi connectivity index (χ2n) is 5.95. The molecule has 0 spiro atoms. The van der Waals surface area contributed by atoms with E-state index in [2.05, 4.69) is 36.2 Å². The molecule has 0 heterocycles. The molecule has 1 aromatic carbocycles. The fourth-order valence-corrected chi connectivity index (χ4v) is 3.16. The Kier molecular flexibility index (Phi) is 5.36. The maximum Gasteiger partial charge on any atom is 0.246 e. The minimum absolute atomic E-state index is 0.0567. The summed E-state index contributed by atoms with van der Waals surface area (Å²) in [5, 5.41) is 3.03. The zero-order chi connectivity index (χ0) is 16.1. The summed E-state index contributed by atoms with van der Waals surface area (Å²) in [7, 11) is 1.60. The Morgan fingerprint density at radius 3 is 2.91 bits per heavy atom. The number of likely N-dealkylation sites (N-methyl/N-ethyl adjacent to an activating group) is 1. The Bertz CT molecular complexity index is 568. The summed E-state index contributed by atoms with van der Waals surface area (Å²) in [6.07, 6.45) is 4.56. The molecular weight excluding hydrogens is 276 g/mol. The predicted molar refractivity (Wildman–Crippen MR) is 87.6 cm³/mol. The van der Waals surface area contributed by atoms with E-state index in [9.17, 15) is 9.59 Å². The van der Waals surface area contributed by atoms with Crippen molar-refractivity contribution in [3.8, 4) is 0 Å². The quantitative estimate of drug-likeness (QED) is 0.848. The average Bonchev–Trinajstić information content (AvgIpc) is 2.53. The van der Waals surface area contributed by atoms with Crippen LogP contribution >= 0.6 is 0 Å². The van der Waals surface area contributed by atoms with Crippen LogP contribution in [-0.4, -0.2) is 36.3 Å². The van der Waals surface area contributed by atoms with Gasteiger partial charge in [-0.15, -0.1) is 0 Å². The highest BCUT2D eigenvalue weighted by molar-refractivity contribution is 5.90. The summed E-state index contributed by atoms with van der Waals surface area (Å²) < 4.78 is 0. The Hall–Kier alpha value is -2.10. The van der Waals surface area contributed by atoms with Crippen molar-refractivity contribution < 1.29 is 9.59 Å². The van der Waals surface area contributed by atoms with Crippen LogP contribution in [0.4, 0.5) is 0 Å². The smallest absolute Gasteiger partial charge is 0.246 e. The van der Waals surface area contributed by atoms with E-state index in [-0.39, 0.29) is 24.4 Å². The number of nitrogens with one attached hydrogen (secondary N) is 1. The van der Waals surface area contributed by atoms with Crippen LogP contribution in [0.2, 0.25) is 0 Å². The van der Waals surface area contributed by atoms with E-state index in [1.54, 1.807) is 7.05 Å². The lowest BCUT2D eigenvalue weighted by Crippen LogP contribution is -2.44. The zero-order valence-corrected chi connectivity index (χ0v) is 13.3. The van der Waals surface area contributed by atoms with E-state index < -0.39 is 0 Å². The molecule has 2 rings (SSSR count). The molecule has 1 unspecified atom stereocenters. The molecule has 118 valence electrons. The van der Waals surface area contributed by atoms with Crippen LogP contribution < -0.4 is 5.32 Å². The molecule has 0 saturated heterocycles. The molecule has 1 aliphatic rings. The van der Waals surface area contributed by atoms with E-state index in [1.165, 1.54) is 22.1 Å². The Labute approximate surface area is 132 Å². The van der Waals surface area contributed by atoms with Crippen molar-refractivity contribution >= 4 is 11.8 Å². The second kappa shape index (κ2) is 7.25. The third kappa shape index (κ3) is 3.75. The third-order valence-electron chi connectivity index (χ3n) is 4.34.